The maximum absolute atomic E-state index is 12.0. The molecule has 4 nitrogen and oxygen atoms in total. The quantitative estimate of drug-likeness (QED) is 0.789. The highest BCUT2D eigenvalue weighted by Crippen LogP contribution is 2.07. The van der Waals surface area contributed by atoms with Gasteiger partial charge in [0.05, 0.1) is 6.61 Å². The van der Waals surface area contributed by atoms with E-state index in [4.69, 9.17) is 4.74 Å². The first-order valence-corrected chi connectivity index (χ1v) is 6.54. The first-order valence-electron chi connectivity index (χ1n) is 6.54. The third-order valence-electron chi connectivity index (χ3n) is 3.13. The zero-order valence-electron chi connectivity index (χ0n) is 11.2. The maximum atomic E-state index is 12.0. The lowest BCUT2D eigenvalue weighted by atomic mass is 10.1. The molecule has 1 aromatic rings. The van der Waals surface area contributed by atoms with E-state index < -0.39 is 0 Å². The van der Waals surface area contributed by atoms with Gasteiger partial charge in [0, 0.05) is 25.8 Å². The van der Waals surface area contributed by atoms with Crippen LogP contribution < -0.4 is 10.6 Å². The molecule has 19 heavy (non-hydrogen) atoms. The van der Waals surface area contributed by atoms with E-state index in [-0.39, 0.29) is 5.91 Å². The summed E-state index contributed by atoms with van der Waals surface area (Å²) in [5.41, 5.74) is 2.99. The molecule has 1 aliphatic rings. The second-order valence-corrected chi connectivity index (χ2v) is 4.63. The summed E-state index contributed by atoms with van der Waals surface area (Å²) in [7, 11) is 1.65. The number of benzene rings is 1. The normalized spacial score (nSPS) is 14.9. The molecular weight excluding hydrogens is 240 g/mol. The second-order valence-electron chi connectivity index (χ2n) is 4.63. The van der Waals surface area contributed by atoms with E-state index in [1.807, 2.05) is 24.3 Å². The lowest BCUT2D eigenvalue weighted by molar-refractivity contribution is 0.0956. The van der Waals surface area contributed by atoms with Crippen LogP contribution >= 0.6 is 0 Å². The topological polar surface area (TPSA) is 50.4 Å². The number of nitrogens with one attached hydrogen (secondary N) is 2. The number of methoxy groups -OCH3 is 1. The molecule has 0 bridgehead atoms. The lowest BCUT2D eigenvalue weighted by Gasteiger charge is -2.14. The smallest absolute Gasteiger partial charge is 0.251 e. The molecule has 0 atom stereocenters. The minimum absolute atomic E-state index is 0.0302. The zero-order chi connectivity index (χ0) is 13.5. The summed E-state index contributed by atoms with van der Waals surface area (Å²) in [6.45, 7) is 3.05. The van der Waals surface area contributed by atoms with Crippen molar-refractivity contribution in [3.63, 3.8) is 0 Å². The number of carbonyl (C=O) groups excluding carboxylic acids is 1. The van der Waals surface area contributed by atoms with Gasteiger partial charge in [-0.15, -0.1) is 0 Å². The van der Waals surface area contributed by atoms with Crippen LogP contribution in [0, 0.1) is 0 Å². The Morgan fingerprint density at radius 1 is 1.47 bits per heavy atom. The predicted molar refractivity (Wildman–Crippen MR) is 75.1 cm³/mol. The van der Waals surface area contributed by atoms with Gasteiger partial charge in [-0.3, -0.25) is 4.79 Å². The van der Waals surface area contributed by atoms with Crippen molar-refractivity contribution in [1.82, 2.24) is 10.6 Å². The molecular formula is C15H20N2O2. The Morgan fingerprint density at radius 3 is 3.11 bits per heavy atom. The van der Waals surface area contributed by atoms with Gasteiger partial charge in [0.25, 0.3) is 5.91 Å². The largest absolute Gasteiger partial charge is 0.380 e. The lowest BCUT2D eigenvalue weighted by Crippen LogP contribution is -2.29. The average Bonchev–Trinajstić information content (AvgIpc) is 2.46. The van der Waals surface area contributed by atoms with E-state index in [1.165, 1.54) is 5.57 Å². The van der Waals surface area contributed by atoms with Crippen LogP contribution in [-0.4, -0.2) is 32.7 Å². The second kappa shape index (κ2) is 7.07. The summed E-state index contributed by atoms with van der Waals surface area (Å²) < 4.78 is 5.07. The van der Waals surface area contributed by atoms with Gasteiger partial charge in [0.1, 0.15) is 0 Å². The molecule has 4 heteroatoms. The predicted octanol–water partition coefficient (Wildman–Crippen LogP) is 1.48. The highest BCUT2D eigenvalue weighted by Gasteiger charge is 2.08. The Balaban J connectivity index is 1.91. The average molecular weight is 260 g/mol. The molecule has 102 valence electrons. The number of ether oxygens (including phenoxy) is 1. The van der Waals surface area contributed by atoms with Crippen molar-refractivity contribution in [2.75, 3.05) is 26.7 Å². The van der Waals surface area contributed by atoms with Gasteiger partial charge in [-0.25, -0.2) is 0 Å². The highest BCUT2D eigenvalue weighted by molar-refractivity contribution is 5.94. The van der Waals surface area contributed by atoms with Gasteiger partial charge in [-0.05, 0) is 30.7 Å². The molecule has 0 aromatic heterocycles. The number of carbonyl (C=O) groups is 1. The van der Waals surface area contributed by atoms with Crippen LogP contribution in [0.15, 0.2) is 35.9 Å². The molecule has 0 saturated carbocycles. The number of hydrogen-bond acceptors (Lipinski definition) is 3. The standard InChI is InChI=1S/C15H20N2O2/c1-19-11-13-3-2-4-14(9-13)15(18)17-10-12-5-7-16-8-6-12/h2-5,9,16H,6-8,10-11H2,1H3,(H,17,18). The van der Waals surface area contributed by atoms with Crippen LogP contribution in [0.25, 0.3) is 0 Å². The fourth-order valence-electron chi connectivity index (χ4n) is 2.10. The summed E-state index contributed by atoms with van der Waals surface area (Å²) in [4.78, 5) is 12.0. The van der Waals surface area contributed by atoms with Gasteiger partial charge in [-0.2, -0.15) is 0 Å². The van der Waals surface area contributed by atoms with Crippen molar-refractivity contribution in [2.24, 2.45) is 0 Å². The Kier molecular flexibility index (Phi) is 5.12. The van der Waals surface area contributed by atoms with Gasteiger partial charge in [0.15, 0.2) is 0 Å². The zero-order valence-corrected chi connectivity index (χ0v) is 11.2. The van der Waals surface area contributed by atoms with E-state index >= 15 is 0 Å². The maximum Gasteiger partial charge on any atom is 0.251 e. The fraction of sp³-hybridized carbons (Fsp3) is 0.400. The summed E-state index contributed by atoms with van der Waals surface area (Å²) in [6.07, 6.45) is 3.15. The van der Waals surface area contributed by atoms with Crippen LogP contribution in [0.4, 0.5) is 0 Å². The summed E-state index contributed by atoms with van der Waals surface area (Å²) >= 11 is 0. The van der Waals surface area contributed by atoms with Crippen molar-refractivity contribution in [3.05, 3.63) is 47.0 Å². The van der Waals surface area contributed by atoms with Crippen LogP contribution in [0.2, 0.25) is 0 Å². The molecule has 0 radical (unpaired) electrons. The van der Waals surface area contributed by atoms with Crippen molar-refractivity contribution in [2.45, 2.75) is 13.0 Å². The molecule has 1 amide bonds. The van der Waals surface area contributed by atoms with Crippen LogP contribution in [-0.2, 0) is 11.3 Å². The van der Waals surface area contributed by atoms with Crippen LogP contribution in [0.3, 0.4) is 0 Å². The molecule has 0 saturated heterocycles. The molecule has 1 aromatic carbocycles. The molecule has 0 spiro atoms. The van der Waals surface area contributed by atoms with E-state index in [0.29, 0.717) is 18.7 Å². The van der Waals surface area contributed by atoms with Gasteiger partial charge < -0.3 is 15.4 Å². The van der Waals surface area contributed by atoms with Gasteiger partial charge >= 0.3 is 0 Å². The summed E-state index contributed by atoms with van der Waals surface area (Å²) in [5.74, 6) is -0.0302. The van der Waals surface area contributed by atoms with Crippen molar-refractivity contribution in [1.29, 1.82) is 0 Å². The van der Waals surface area contributed by atoms with Crippen LogP contribution in [0.1, 0.15) is 22.3 Å². The van der Waals surface area contributed by atoms with Gasteiger partial charge in [-0.1, -0.05) is 23.8 Å². The molecule has 0 unspecified atom stereocenters. The summed E-state index contributed by atoms with van der Waals surface area (Å²) in [6, 6.07) is 7.53. The number of rotatable bonds is 5. The fourth-order valence-corrected chi connectivity index (χ4v) is 2.10. The molecule has 0 aliphatic carbocycles. The number of hydrogen-bond donors (Lipinski definition) is 2. The first-order chi connectivity index (χ1) is 9.29. The van der Waals surface area contributed by atoms with Crippen molar-refractivity contribution in [3.8, 4) is 0 Å². The first kappa shape index (κ1) is 13.8. The molecule has 2 rings (SSSR count). The van der Waals surface area contributed by atoms with Crippen molar-refractivity contribution < 1.29 is 9.53 Å². The van der Waals surface area contributed by atoms with Crippen LogP contribution in [0.5, 0.6) is 0 Å². The van der Waals surface area contributed by atoms with Crippen molar-refractivity contribution >= 4 is 5.91 Å². The van der Waals surface area contributed by atoms with E-state index in [0.717, 1.165) is 25.1 Å². The highest BCUT2D eigenvalue weighted by atomic mass is 16.5. The monoisotopic (exact) mass is 260 g/mol. The molecule has 1 heterocycles. The summed E-state index contributed by atoms with van der Waals surface area (Å²) in [5, 5.41) is 6.21. The molecule has 0 fully saturated rings. The SMILES string of the molecule is COCc1cccc(C(=O)NCC2=CCNCC2)c1. The Morgan fingerprint density at radius 2 is 2.37 bits per heavy atom. The molecule has 2 N–H and O–H groups in total. The van der Waals surface area contributed by atoms with Gasteiger partial charge in [0.2, 0.25) is 0 Å². The Bertz CT molecular complexity index is 469. The Labute approximate surface area is 113 Å². The van der Waals surface area contributed by atoms with E-state index in [9.17, 15) is 4.79 Å². The van der Waals surface area contributed by atoms with E-state index in [1.54, 1.807) is 7.11 Å². The number of amides is 1. The van der Waals surface area contributed by atoms with E-state index in [2.05, 4.69) is 16.7 Å². The molecule has 1 aliphatic heterocycles. The third kappa shape index (κ3) is 4.19. The minimum atomic E-state index is -0.0302. The Hall–Kier alpha value is -1.65. The minimum Gasteiger partial charge on any atom is -0.380 e. The third-order valence-corrected chi connectivity index (χ3v) is 3.13.